The summed E-state index contributed by atoms with van der Waals surface area (Å²) in [5, 5.41) is 15.4. The molecule has 0 aliphatic carbocycles. The van der Waals surface area contributed by atoms with Crippen molar-refractivity contribution >= 4 is 44.4 Å². The third-order valence-electron chi connectivity index (χ3n) is 2.81. The number of aromatic amines is 1. The normalized spacial score (nSPS) is 11.3. The first-order chi connectivity index (χ1) is 9.85. The van der Waals surface area contributed by atoms with Crippen molar-refractivity contribution in [3.05, 3.63) is 39.1 Å². The number of carboxylic acid groups (broad SMARTS) is 1. The van der Waals surface area contributed by atoms with Gasteiger partial charge in [-0.15, -0.1) is 0 Å². The summed E-state index contributed by atoms with van der Waals surface area (Å²) in [4.78, 5) is 11.0. The Hall–Kier alpha value is -1.62. The van der Waals surface area contributed by atoms with Crippen molar-refractivity contribution in [3.8, 4) is 0 Å². The number of hydrogen-bond acceptors (Lipinski definition) is 4. The molecule has 2 rings (SSSR count). The van der Waals surface area contributed by atoms with Gasteiger partial charge in [-0.2, -0.15) is 5.10 Å². The van der Waals surface area contributed by atoms with Crippen molar-refractivity contribution < 1.29 is 18.3 Å². The van der Waals surface area contributed by atoms with Crippen molar-refractivity contribution in [2.45, 2.75) is 18.2 Å². The molecule has 0 bridgehead atoms. The van der Waals surface area contributed by atoms with Gasteiger partial charge in [0.15, 0.2) is 0 Å². The van der Waals surface area contributed by atoms with Crippen LogP contribution >= 0.6 is 22.6 Å². The molecule has 0 unspecified atom stereocenters. The number of carbonyl (C=O) groups is 1. The predicted molar refractivity (Wildman–Crippen MR) is 84.9 cm³/mol. The number of rotatable bonds is 5. The summed E-state index contributed by atoms with van der Waals surface area (Å²) < 4.78 is 27.4. The highest BCUT2D eigenvalue weighted by Crippen LogP contribution is 2.21. The number of nitrogens with zero attached hydrogens (tertiary/aromatic N) is 1. The van der Waals surface area contributed by atoms with Crippen LogP contribution in [-0.2, 0) is 16.4 Å². The van der Waals surface area contributed by atoms with Crippen LogP contribution in [0.1, 0.15) is 22.8 Å². The minimum atomic E-state index is -3.88. The number of H-pyrrole nitrogens is 1. The Morgan fingerprint density at radius 3 is 2.81 bits per heavy atom. The zero-order chi connectivity index (χ0) is 15.6. The first-order valence-corrected chi connectivity index (χ1v) is 8.49. The molecule has 1 aromatic carbocycles. The van der Waals surface area contributed by atoms with Crippen LogP contribution < -0.4 is 4.72 Å². The molecule has 0 aliphatic heterocycles. The summed E-state index contributed by atoms with van der Waals surface area (Å²) in [5.74, 6) is -0.889. The number of halogens is 1. The maximum absolute atomic E-state index is 12.3. The number of benzene rings is 1. The monoisotopic (exact) mass is 421 g/mol. The van der Waals surface area contributed by atoms with E-state index in [2.05, 4.69) is 14.9 Å². The lowest BCUT2D eigenvalue weighted by Gasteiger charge is -2.09. The molecule has 2 aromatic rings. The molecule has 112 valence electrons. The Balaban J connectivity index is 2.40. The molecule has 0 saturated carbocycles. The number of hydrogen-bond donors (Lipinski definition) is 3. The summed E-state index contributed by atoms with van der Waals surface area (Å²) in [6.07, 6.45) is 2.15. The smallest absolute Gasteiger partial charge is 0.336 e. The topological polar surface area (TPSA) is 112 Å². The summed E-state index contributed by atoms with van der Waals surface area (Å²) in [7, 11) is -3.88. The fraction of sp³-hybridized carbons (Fsp3) is 0.167. The molecule has 7 nitrogen and oxygen atoms in total. The molecule has 9 heteroatoms. The van der Waals surface area contributed by atoms with Crippen LogP contribution in [0.3, 0.4) is 0 Å². The minimum absolute atomic E-state index is 0.0567. The average molecular weight is 421 g/mol. The van der Waals surface area contributed by atoms with E-state index in [0.29, 0.717) is 9.99 Å². The van der Waals surface area contributed by atoms with Crippen molar-refractivity contribution in [1.82, 2.24) is 10.2 Å². The highest BCUT2D eigenvalue weighted by atomic mass is 127. The number of aromatic carboxylic acids is 1. The molecule has 1 aromatic heterocycles. The third kappa shape index (κ3) is 3.35. The summed E-state index contributed by atoms with van der Waals surface area (Å²) >= 11 is 1.84. The Morgan fingerprint density at radius 1 is 1.48 bits per heavy atom. The highest BCUT2D eigenvalue weighted by Gasteiger charge is 2.20. The van der Waals surface area contributed by atoms with Gasteiger partial charge in [0, 0.05) is 9.13 Å². The lowest BCUT2D eigenvalue weighted by molar-refractivity contribution is 0.0695. The highest BCUT2D eigenvalue weighted by molar-refractivity contribution is 14.1. The largest absolute Gasteiger partial charge is 0.478 e. The molecular weight excluding hydrogens is 409 g/mol. The van der Waals surface area contributed by atoms with Crippen molar-refractivity contribution in [1.29, 1.82) is 0 Å². The van der Waals surface area contributed by atoms with Gasteiger partial charge in [-0.25, -0.2) is 13.2 Å². The maximum Gasteiger partial charge on any atom is 0.336 e. The fourth-order valence-corrected chi connectivity index (χ4v) is 3.35. The lowest BCUT2D eigenvalue weighted by atomic mass is 10.2. The van der Waals surface area contributed by atoms with E-state index in [9.17, 15) is 13.2 Å². The molecule has 1 heterocycles. The van der Waals surface area contributed by atoms with Crippen molar-refractivity contribution in [3.63, 3.8) is 0 Å². The SMILES string of the molecule is CCc1cn[nH]c1NS(=O)(=O)c1ccc(I)c(C(=O)O)c1. The standard InChI is InChI=1S/C12H12IN3O4S/c1-2-7-6-14-15-11(7)16-21(19,20)8-3-4-10(13)9(5-8)12(17)18/h3-6H,2H2,1H3,(H,17,18)(H2,14,15,16). The van der Waals surface area contributed by atoms with Crippen molar-refractivity contribution in [2.24, 2.45) is 0 Å². The van der Waals surface area contributed by atoms with Gasteiger partial charge < -0.3 is 5.11 Å². The Morgan fingerprint density at radius 2 is 2.19 bits per heavy atom. The van der Waals surface area contributed by atoms with Gasteiger partial charge >= 0.3 is 5.97 Å². The van der Waals surface area contributed by atoms with Crippen LogP contribution in [-0.4, -0.2) is 29.7 Å². The van der Waals surface area contributed by atoms with Gasteiger partial charge in [0.25, 0.3) is 10.0 Å². The number of aryl methyl sites for hydroxylation is 1. The molecule has 0 spiro atoms. The molecule has 0 amide bonds. The van der Waals surface area contributed by atoms with Crippen LogP contribution in [0, 0.1) is 3.57 Å². The van der Waals surface area contributed by atoms with Crippen LogP contribution in [0.5, 0.6) is 0 Å². The van der Waals surface area contributed by atoms with Gasteiger partial charge in [0.1, 0.15) is 5.82 Å². The summed E-state index contributed by atoms with van der Waals surface area (Å²) in [6.45, 7) is 1.87. The Bertz CT molecular complexity index is 786. The number of anilines is 1. The number of aromatic nitrogens is 2. The maximum atomic E-state index is 12.3. The zero-order valence-electron chi connectivity index (χ0n) is 10.9. The lowest BCUT2D eigenvalue weighted by Crippen LogP contribution is -2.15. The first kappa shape index (κ1) is 15.8. The molecule has 0 atom stereocenters. The number of carboxylic acids is 1. The second-order valence-corrected chi connectivity index (χ2v) is 7.02. The van der Waals surface area contributed by atoms with E-state index in [1.165, 1.54) is 18.3 Å². The predicted octanol–water partition coefficient (Wildman–Crippen LogP) is 2.08. The quantitative estimate of drug-likeness (QED) is 0.640. The van der Waals surface area contributed by atoms with Gasteiger partial charge in [-0.05, 0) is 47.2 Å². The first-order valence-electron chi connectivity index (χ1n) is 5.93. The van der Waals surface area contributed by atoms with Gasteiger partial charge in [0.2, 0.25) is 0 Å². The molecule has 0 saturated heterocycles. The fourth-order valence-electron chi connectivity index (χ4n) is 1.70. The van der Waals surface area contributed by atoms with E-state index in [4.69, 9.17) is 5.11 Å². The third-order valence-corrected chi connectivity index (χ3v) is 5.10. The second-order valence-electron chi connectivity index (χ2n) is 4.18. The minimum Gasteiger partial charge on any atom is -0.478 e. The number of sulfonamides is 1. The molecule has 0 aliphatic rings. The molecule has 3 N–H and O–H groups in total. The molecule has 0 fully saturated rings. The number of nitrogens with one attached hydrogen (secondary N) is 2. The van der Waals surface area contributed by atoms with Crippen LogP contribution in [0.4, 0.5) is 5.82 Å². The van der Waals surface area contributed by atoms with E-state index in [0.717, 1.165) is 11.6 Å². The van der Waals surface area contributed by atoms with E-state index >= 15 is 0 Å². The summed E-state index contributed by atoms with van der Waals surface area (Å²) in [5.41, 5.74) is 0.668. The summed E-state index contributed by atoms with van der Waals surface area (Å²) in [6, 6.07) is 3.94. The van der Waals surface area contributed by atoms with Crippen molar-refractivity contribution in [2.75, 3.05) is 4.72 Å². The van der Waals surface area contributed by atoms with E-state index in [1.54, 1.807) is 0 Å². The van der Waals surface area contributed by atoms with E-state index in [1.807, 2.05) is 29.5 Å². The van der Waals surface area contributed by atoms with Crippen LogP contribution in [0.2, 0.25) is 0 Å². The van der Waals surface area contributed by atoms with Gasteiger partial charge in [-0.1, -0.05) is 6.92 Å². The van der Waals surface area contributed by atoms with Gasteiger partial charge in [-0.3, -0.25) is 9.82 Å². The van der Waals surface area contributed by atoms with Crippen LogP contribution in [0.15, 0.2) is 29.3 Å². The Kier molecular flexibility index (Phi) is 4.52. The molecule has 0 radical (unpaired) electrons. The Labute approximate surface area is 135 Å². The van der Waals surface area contributed by atoms with E-state index in [-0.39, 0.29) is 16.3 Å². The van der Waals surface area contributed by atoms with Crippen LogP contribution in [0.25, 0.3) is 0 Å². The molecule has 21 heavy (non-hydrogen) atoms. The zero-order valence-corrected chi connectivity index (χ0v) is 13.9. The van der Waals surface area contributed by atoms with Gasteiger partial charge in [0.05, 0.1) is 16.7 Å². The second kappa shape index (κ2) is 6.02. The van der Waals surface area contributed by atoms with E-state index < -0.39 is 16.0 Å². The molecular formula is C12H12IN3O4S. The average Bonchev–Trinajstić information content (AvgIpc) is 2.85.